The molecule has 0 aliphatic heterocycles. The Morgan fingerprint density at radius 2 is 1.95 bits per heavy atom. The first-order chi connectivity index (χ1) is 8.88. The van der Waals surface area contributed by atoms with Crippen LogP contribution in [0.1, 0.15) is 24.3 Å². The molecule has 0 bridgehead atoms. The molecular formula is C12H14N2O3S2. The number of benzene rings is 1. The normalized spacial score (nSPS) is 13.2. The number of aryl methyl sites for hydroxylation is 1. The van der Waals surface area contributed by atoms with E-state index < -0.39 is 16.1 Å². The summed E-state index contributed by atoms with van der Waals surface area (Å²) in [4.78, 5) is 4.20. The summed E-state index contributed by atoms with van der Waals surface area (Å²) in [5, 5.41) is 11.5. The molecule has 2 rings (SSSR count). The first-order valence-corrected chi connectivity index (χ1v) is 7.98. The highest BCUT2D eigenvalue weighted by Crippen LogP contribution is 2.21. The van der Waals surface area contributed by atoms with Gasteiger partial charge in [-0.3, -0.25) is 4.72 Å². The van der Waals surface area contributed by atoms with E-state index in [2.05, 4.69) is 9.71 Å². The summed E-state index contributed by atoms with van der Waals surface area (Å²) in [6, 6.07) is 6.11. The number of nitrogens with one attached hydrogen (secondary N) is 1. The molecule has 0 saturated carbocycles. The molecule has 102 valence electrons. The second-order valence-electron chi connectivity index (χ2n) is 4.14. The summed E-state index contributed by atoms with van der Waals surface area (Å²) < 4.78 is 26.6. The number of hydrogen-bond acceptors (Lipinski definition) is 5. The molecule has 0 aliphatic carbocycles. The average Bonchev–Trinajstić information content (AvgIpc) is 2.74. The van der Waals surface area contributed by atoms with Crippen molar-refractivity contribution < 1.29 is 13.5 Å². The molecule has 19 heavy (non-hydrogen) atoms. The van der Waals surface area contributed by atoms with E-state index in [1.54, 1.807) is 31.4 Å². The van der Waals surface area contributed by atoms with Crippen LogP contribution in [0.3, 0.4) is 0 Å². The van der Waals surface area contributed by atoms with Crippen molar-refractivity contribution in [3.05, 3.63) is 40.9 Å². The lowest BCUT2D eigenvalue weighted by Gasteiger charge is -2.07. The molecule has 1 aromatic carbocycles. The molecule has 5 nitrogen and oxygen atoms in total. The highest BCUT2D eigenvalue weighted by molar-refractivity contribution is 7.93. The summed E-state index contributed by atoms with van der Waals surface area (Å²) in [7, 11) is -3.63. The van der Waals surface area contributed by atoms with Crippen molar-refractivity contribution in [2.75, 3.05) is 4.72 Å². The van der Waals surface area contributed by atoms with Gasteiger partial charge in [0.05, 0.1) is 16.7 Å². The molecule has 7 heteroatoms. The molecule has 1 heterocycles. The van der Waals surface area contributed by atoms with Gasteiger partial charge in [-0.15, -0.1) is 11.3 Å². The molecular weight excluding hydrogens is 284 g/mol. The predicted octanol–water partition coefficient (Wildman–Crippen LogP) is 2.31. The molecule has 1 aromatic heterocycles. The third kappa shape index (κ3) is 3.31. The van der Waals surface area contributed by atoms with Crippen LogP contribution in [0, 0.1) is 6.92 Å². The van der Waals surface area contributed by atoms with E-state index in [-0.39, 0.29) is 4.90 Å². The second-order valence-corrected chi connectivity index (χ2v) is 6.69. The lowest BCUT2D eigenvalue weighted by Crippen LogP contribution is -2.12. The first-order valence-electron chi connectivity index (χ1n) is 5.61. The van der Waals surface area contributed by atoms with Crippen LogP contribution in [0.25, 0.3) is 0 Å². The van der Waals surface area contributed by atoms with Crippen molar-refractivity contribution in [3.63, 3.8) is 0 Å². The molecule has 0 fully saturated rings. The minimum absolute atomic E-state index is 0.143. The fourth-order valence-electron chi connectivity index (χ4n) is 1.50. The number of thiazole rings is 1. The largest absolute Gasteiger partial charge is 0.389 e. The number of sulfonamides is 1. The molecule has 1 atom stereocenters. The fourth-order valence-corrected chi connectivity index (χ4v) is 3.44. The van der Waals surface area contributed by atoms with Gasteiger partial charge in [0, 0.05) is 5.38 Å². The molecule has 2 aromatic rings. The van der Waals surface area contributed by atoms with Crippen LogP contribution in [-0.2, 0) is 10.0 Å². The topological polar surface area (TPSA) is 79.3 Å². The molecule has 0 spiro atoms. The Morgan fingerprint density at radius 1 is 1.32 bits per heavy atom. The number of aromatic nitrogens is 1. The molecule has 0 amide bonds. The Kier molecular flexibility index (Phi) is 3.88. The van der Waals surface area contributed by atoms with Crippen molar-refractivity contribution in [1.82, 2.24) is 4.98 Å². The van der Waals surface area contributed by atoms with Gasteiger partial charge >= 0.3 is 0 Å². The minimum atomic E-state index is -3.63. The first kappa shape index (κ1) is 14.0. The van der Waals surface area contributed by atoms with Crippen LogP contribution in [0.4, 0.5) is 5.13 Å². The van der Waals surface area contributed by atoms with Gasteiger partial charge in [0.15, 0.2) is 5.13 Å². The Bertz CT molecular complexity index is 661. The van der Waals surface area contributed by atoms with Crippen LogP contribution in [-0.4, -0.2) is 18.5 Å². The molecule has 0 radical (unpaired) electrons. The lowest BCUT2D eigenvalue weighted by molar-refractivity contribution is 0.199. The van der Waals surface area contributed by atoms with Gasteiger partial charge in [-0.1, -0.05) is 12.1 Å². The summed E-state index contributed by atoms with van der Waals surface area (Å²) in [6.45, 7) is 3.42. The smallest absolute Gasteiger partial charge is 0.263 e. The number of anilines is 1. The lowest BCUT2D eigenvalue weighted by atomic mass is 10.1. The maximum Gasteiger partial charge on any atom is 0.263 e. The fraction of sp³-hybridized carbons (Fsp3) is 0.250. The van der Waals surface area contributed by atoms with Crippen molar-refractivity contribution in [2.24, 2.45) is 0 Å². The Labute approximate surface area is 116 Å². The van der Waals surface area contributed by atoms with Gasteiger partial charge in [-0.2, -0.15) is 0 Å². The summed E-state index contributed by atoms with van der Waals surface area (Å²) in [5.41, 5.74) is 1.44. The van der Waals surface area contributed by atoms with E-state index >= 15 is 0 Å². The van der Waals surface area contributed by atoms with Crippen molar-refractivity contribution in [1.29, 1.82) is 0 Å². The second kappa shape index (κ2) is 5.28. The highest BCUT2D eigenvalue weighted by atomic mass is 32.2. The maximum absolute atomic E-state index is 12.1. The number of aliphatic hydroxyl groups is 1. The van der Waals surface area contributed by atoms with Gasteiger partial charge in [0.1, 0.15) is 0 Å². The monoisotopic (exact) mass is 298 g/mol. The quantitative estimate of drug-likeness (QED) is 0.907. The van der Waals surface area contributed by atoms with E-state index in [0.717, 1.165) is 5.69 Å². The van der Waals surface area contributed by atoms with Crippen LogP contribution in [0.2, 0.25) is 0 Å². The van der Waals surface area contributed by atoms with Gasteiger partial charge in [-0.05, 0) is 31.5 Å². The highest BCUT2D eigenvalue weighted by Gasteiger charge is 2.16. The standard InChI is InChI=1S/C12H14N2O3S2/c1-8-7-18-12(13-8)14-19(16,17)11-5-3-10(4-6-11)9(2)15/h3-7,9,15H,1-2H3,(H,13,14). The Balaban J connectivity index is 2.24. The van der Waals surface area contributed by atoms with Gasteiger partial charge in [0.2, 0.25) is 0 Å². The van der Waals surface area contributed by atoms with Crippen LogP contribution < -0.4 is 4.72 Å². The Hall–Kier alpha value is -1.44. The Morgan fingerprint density at radius 3 is 2.42 bits per heavy atom. The zero-order chi connectivity index (χ0) is 14.0. The van der Waals surface area contributed by atoms with Gasteiger partial charge in [0.25, 0.3) is 10.0 Å². The van der Waals surface area contributed by atoms with E-state index in [4.69, 9.17) is 0 Å². The SMILES string of the molecule is Cc1csc(NS(=O)(=O)c2ccc(C(C)O)cc2)n1. The summed E-state index contributed by atoms with van der Waals surface area (Å²) in [5.74, 6) is 0. The van der Waals surface area contributed by atoms with Crippen molar-refractivity contribution >= 4 is 26.5 Å². The molecule has 1 unspecified atom stereocenters. The minimum Gasteiger partial charge on any atom is -0.389 e. The predicted molar refractivity (Wildman–Crippen MR) is 74.7 cm³/mol. The number of aliphatic hydroxyl groups excluding tert-OH is 1. The van der Waals surface area contributed by atoms with E-state index in [9.17, 15) is 13.5 Å². The number of rotatable bonds is 4. The van der Waals surface area contributed by atoms with E-state index in [1.807, 2.05) is 0 Å². The molecule has 2 N–H and O–H groups in total. The van der Waals surface area contributed by atoms with Crippen LogP contribution >= 0.6 is 11.3 Å². The number of nitrogens with zero attached hydrogens (tertiary/aromatic N) is 1. The molecule has 0 saturated heterocycles. The van der Waals surface area contributed by atoms with Crippen LogP contribution in [0.5, 0.6) is 0 Å². The average molecular weight is 298 g/mol. The van der Waals surface area contributed by atoms with Gasteiger partial charge in [-0.25, -0.2) is 13.4 Å². The van der Waals surface area contributed by atoms with Crippen LogP contribution in [0.15, 0.2) is 34.5 Å². The third-order valence-corrected chi connectivity index (χ3v) is 4.87. The summed E-state index contributed by atoms with van der Waals surface area (Å²) in [6.07, 6.45) is -0.619. The van der Waals surface area contributed by atoms with Crippen molar-refractivity contribution in [2.45, 2.75) is 24.8 Å². The van der Waals surface area contributed by atoms with E-state index in [0.29, 0.717) is 10.7 Å². The molecule has 0 aliphatic rings. The number of hydrogen-bond donors (Lipinski definition) is 2. The van der Waals surface area contributed by atoms with E-state index in [1.165, 1.54) is 23.5 Å². The van der Waals surface area contributed by atoms with Crippen molar-refractivity contribution in [3.8, 4) is 0 Å². The van der Waals surface area contributed by atoms with Gasteiger partial charge < -0.3 is 5.11 Å². The zero-order valence-electron chi connectivity index (χ0n) is 10.5. The maximum atomic E-state index is 12.1. The zero-order valence-corrected chi connectivity index (χ0v) is 12.1. The summed E-state index contributed by atoms with van der Waals surface area (Å²) >= 11 is 1.24. The third-order valence-electron chi connectivity index (χ3n) is 2.51.